The molecule has 0 amide bonds. The topological polar surface area (TPSA) is 0 Å². The molecule has 0 saturated heterocycles. The van der Waals surface area contributed by atoms with Crippen LogP contribution in [0.25, 0.3) is 0 Å². The summed E-state index contributed by atoms with van der Waals surface area (Å²) in [6.07, 6.45) is 19.4. The second-order valence-corrected chi connectivity index (χ2v) is 6.76. The zero-order valence-electron chi connectivity index (χ0n) is 14.7. The molecule has 0 nitrogen and oxygen atoms in total. The maximum Gasteiger partial charge on any atom is -0.0320 e. The summed E-state index contributed by atoms with van der Waals surface area (Å²) in [5, 5.41) is 0. The SMILES string of the molecule is C=C(CCCCCCCCCC)CCC(C)CCCC. The lowest BCUT2D eigenvalue weighted by Crippen LogP contribution is -1.95. The average Bonchev–Trinajstić information content (AvgIpc) is 2.45. The van der Waals surface area contributed by atoms with Gasteiger partial charge in [0.25, 0.3) is 0 Å². The van der Waals surface area contributed by atoms with Crippen LogP contribution < -0.4 is 0 Å². The third-order valence-electron chi connectivity index (χ3n) is 4.43. The fourth-order valence-electron chi connectivity index (χ4n) is 2.78. The van der Waals surface area contributed by atoms with Crippen LogP contribution in [0.4, 0.5) is 0 Å². The molecule has 0 aromatic carbocycles. The molecular formula is C20H40. The second kappa shape index (κ2) is 15.1. The van der Waals surface area contributed by atoms with Crippen LogP contribution in [0.3, 0.4) is 0 Å². The maximum absolute atomic E-state index is 4.27. The molecule has 0 N–H and O–H groups in total. The van der Waals surface area contributed by atoms with Gasteiger partial charge in [-0.25, -0.2) is 0 Å². The van der Waals surface area contributed by atoms with Gasteiger partial charge in [0.15, 0.2) is 0 Å². The van der Waals surface area contributed by atoms with Crippen molar-refractivity contribution in [1.29, 1.82) is 0 Å². The van der Waals surface area contributed by atoms with Crippen molar-refractivity contribution in [2.75, 3.05) is 0 Å². The molecule has 0 heterocycles. The Morgan fingerprint density at radius 1 is 0.700 bits per heavy atom. The van der Waals surface area contributed by atoms with Crippen molar-refractivity contribution in [2.45, 2.75) is 111 Å². The monoisotopic (exact) mass is 280 g/mol. The van der Waals surface area contributed by atoms with Gasteiger partial charge in [-0.15, -0.1) is 0 Å². The molecule has 1 unspecified atom stereocenters. The first-order valence-corrected chi connectivity index (χ1v) is 9.37. The smallest absolute Gasteiger partial charge is 0.0320 e. The Labute approximate surface area is 129 Å². The predicted molar refractivity (Wildman–Crippen MR) is 94.3 cm³/mol. The predicted octanol–water partition coefficient (Wildman–Crippen LogP) is 7.68. The van der Waals surface area contributed by atoms with Crippen molar-refractivity contribution in [2.24, 2.45) is 5.92 Å². The van der Waals surface area contributed by atoms with Crippen LogP contribution in [-0.2, 0) is 0 Å². The van der Waals surface area contributed by atoms with Crippen LogP contribution in [0.15, 0.2) is 12.2 Å². The van der Waals surface area contributed by atoms with E-state index >= 15 is 0 Å². The van der Waals surface area contributed by atoms with Crippen molar-refractivity contribution in [3.63, 3.8) is 0 Å². The lowest BCUT2D eigenvalue weighted by Gasteiger charge is -2.12. The van der Waals surface area contributed by atoms with Crippen molar-refractivity contribution in [3.05, 3.63) is 12.2 Å². The molecular weight excluding hydrogens is 240 g/mol. The molecule has 0 aliphatic carbocycles. The van der Waals surface area contributed by atoms with E-state index < -0.39 is 0 Å². The van der Waals surface area contributed by atoms with Crippen molar-refractivity contribution >= 4 is 0 Å². The standard InChI is InChI=1S/C20H40/c1-5-7-9-10-11-12-13-14-16-20(4)18-17-19(3)15-8-6-2/h19H,4-18H2,1-3H3. The van der Waals surface area contributed by atoms with E-state index in [4.69, 9.17) is 0 Å². The highest BCUT2D eigenvalue weighted by atomic mass is 14.1. The summed E-state index contributed by atoms with van der Waals surface area (Å²) in [5.74, 6) is 0.894. The largest absolute Gasteiger partial charge is 0.0999 e. The van der Waals surface area contributed by atoms with Crippen LogP contribution >= 0.6 is 0 Å². The first kappa shape index (κ1) is 19.7. The summed E-state index contributed by atoms with van der Waals surface area (Å²) in [5.41, 5.74) is 1.50. The minimum Gasteiger partial charge on any atom is -0.0999 e. The summed E-state index contributed by atoms with van der Waals surface area (Å²) >= 11 is 0. The van der Waals surface area contributed by atoms with Gasteiger partial charge in [-0.1, -0.05) is 97.1 Å². The summed E-state index contributed by atoms with van der Waals surface area (Å²) in [7, 11) is 0. The maximum atomic E-state index is 4.27. The van der Waals surface area contributed by atoms with Crippen molar-refractivity contribution in [1.82, 2.24) is 0 Å². The minimum absolute atomic E-state index is 0.894. The molecule has 0 radical (unpaired) electrons. The first-order chi connectivity index (χ1) is 9.70. The van der Waals surface area contributed by atoms with Gasteiger partial charge >= 0.3 is 0 Å². The molecule has 0 aromatic heterocycles. The number of unbranched alkanes of at least 4 members (excludes halogenated alkanes) is 8. The molecule has 1 atom stereocenters. The van der Waals surface area contributed by atoms with E-state index in [0.29, 0.717) is 0 Å². The number of hydrogen-bond donors (Lipinski definition) is 0. The molecule has 0 aliphatic rings. The summed E-state index contributed by atoms with van der Waals surface area (Å²) < 4.78 is 0. The van der Waals surface area contributed by atoms with Crippen LogP contribution in [0.5, 0.6) is 0 Å². The van der Waals surface area contributed by atoms with E-state index in [1.165, 1.54) is 95.5 Å². The van der Waals surface area contributed by atoms with Crippen molar-refractivity contribution < 1.29 is 0 Å². The minimum atomic E-state index is 0.894. The Bertz CT molecular complexity index is 204. The molecule has 20 heavy (non-hydrogen) atoms. The van der Waals surface area contributed by atoms with Gasteiger partial charge in [-0.2, -0.15) is 0 Å². The molecule has 120 valence electrons. The van der Waals surface area contributed by atoms with Gasteiger partial charge in [0, 0.05) is 0 Å². The van der Waals surface area contributed by atoms with Crippen molar-refractivity contribution in [3.8, 4) is 0 Å². The fourth-order valence-corrected chi connectivity index (χ4v) is 2.78. The summed E-state index contributed by atoms with van der Waals surface area (Å²) in [6, 6.07) is 0. The van der Waals surface area contributed by atoms with Crippen LogP contribution in [0.1, 0.15) is 111 Å². The Balaban J connectivity index is 3.28. The molecule has 0 bridgehead atoms. The normalized spacial score (nSPS) is 12.6. The van der Waals surface area contributed by atoms with E-state index in [1.54, 1.807) is 0 Å². The van der Waals surface area contributed by atoms with Gasteiger partial charge < -0.3 is 0 Å². The molecule has 0 saturated carbocycles. The number of rotatable bonds is 15. The second-order valence-electron chi connectivity index (χ2n) is 6.76. The van der Waals surface area contributed by atoms with Gasteiger partial charge in [0.1, 0.15) is 0 Å². The molecule has 0 aliphatic heterocycles. The highest BCUT2D eigenvalue weighted by molar-refractivity contribution is 4.93. The third kappa shape index (κ3) is 14.2. The van der Waals surface area contributed by atoms with E-state index in [-0.39, 0.29) is 0 Å². The lowest BCUT2D eigenvalue weighted by molar-refractivity contribution is 0.467. The highest BCUT2D eigenvalue weighted by Gasteiger charge is 2.03. The zero-order chi connectivity index (χ0) is 15.1. The summed E-state index contributed by atoms with van der Waals surface area (Å²) in [4.78, 5) is 0. The van der Waals surface area contributed by atoms with Gasteiger partial charge in [0.2, 0.25) is 0 Å². The first-order valence-electron chi connectivity index (χ1n) is 9.37. The van der Waals surface area contributed by atoms with Crippen LogP contribution in [0.2, 0.25) is 0 Å². The zero-order valence-corrected chi connectivity index (χ0v) is 14.7. The van der Waals surface area contributed by atoms with E-state index in [2.05, 4.69) is 27.4 Å². The van der Waals surface area contributed by atoms with Gasteiger partial charge in [0.05, 0.1) is 0 Å². The Kier molecular flexibility index (Phi) is 14.9. The Morgan fingerprint density at radius 3 is 1.85 bits per heavy atom. The van der Waals surface area contributed by atoms with Crippen LogP contribution in [0, 0.1) is 5.92 Å². The quantitative estimate of drug-likeness (QED) is 0.213. The lowest BCUT2D eigenvalue weighted by atomic mass is 9.95. The highest BCUT2D eigenvalue weighted by Crippen LogP contribution is 2.20. The van der Waals surface area contributed by atoms with Crippen LogP contribution in [-0.4, -0.2) is 0 Å². The third-order valence-corrected chi connectivity index (χ3v) is 4.43. The van der Waals surface area contributed by atoms with E-state index in [1.807, 2.05) is 0 Å². The average molecular weight is 281 g/mol. The molecule has 0 rings (SSSR count). The number of allylic oxidation sites excluding steroid dienone is 1. The molecule has 0 spiro atoms. The Hall–Kier alpha value is -0.260. The molecule has 0 fully saturated rings. The van der Waals surface area contributed by atoms with Gasteiger partial charge in [-0.05, 0) is 31.6 Å². The molecule has 0 heteroatoms. The summed E-state index contributed by atoms with van der Waals surface area (Å²) in [6.45, 7) is 11.2. The van der Waals surface area contributed by atoms with Gasteiger partial charge in [-0.3, -0.25) is 0 Å². The fraction of sp³-hybridized carbons (Fsp3) is 0.900. The number of hydrogen-bond acceptors (Lipinski definition) is 0. The molecule has 0 aromatic rings. The van der Waals surface area contributed by atoms with E-state index in [0.717, 1.165) is 5.92 Å². The van der Waals surface area contributed by atoms with E-state index in [9.17, 15) is 0 Å². The Morgan fingerprint density at radius 2 is 1.25 bits per heavy atom.